The standard InChI is InChI=1S/C21H26FN3O2.HI/c1-21(2,16-7-8-18-19(12-16)27-10-9-26-18)14-25-20(23-3)24-13-15-5-4-6-17(22)11-15;/h4-8,11-12H,9-10,13-14H2,1-3H3,(H2,23,24,25);1H. The molecule has 5 nitrogen and oxygen atoms in total. The maximum Gasteiger partial charge on any atom is 0.191 e. The van der Waals surface area contributed by atoms with E-state index in [1.54, 1.807) is 13.1 Å². The van der Waals surface area contributed by atoms with E-state index in [2.05, 4.69) is 35.5 Å². The summed E-state index contributed by atoms with van der Waals surface area (Å²) in [5.41, 5.74) is 1.87. The zero-order valence-corrected chi connectivity index (χ0v) is 18.8. The second-order valence-electron chi connectivity index (χ2n) is 7.15. The van der Waals surface area contributed by atoms with Crippen molar-refractivity contribution >= 4 is 29.9 Å². The lowest BCUT2D eigenvalue weighted by Crippen LogP contribution is -2.43. The van der Waals surface area contributed by atoms with Gasteiger partial charge in [-0.05, 0) is 35.4 Å². The van der Waals surface area contributed by atoms with Crippen molar-refractivity contribution in [3.05, 3.63) is 59.4 Å². The molecule has 0 aromatic heterocycles. The number of nitrogens with zero attached hydrogens (tertiary/aromatic N) is 1. The van der Waals surface area contributed by atoms with Crippen LogP contribution in [-0.2, 0) is 12.0 Å². The number of hydrogen-bond donors (Lipinski definition) is 2. The lowest BCUT2D eigenvalue weighted by molar-refractivity contribution is 0.171. The van der Waals surface area contributed by atoms with Gasteiger partial charge in [0.1, 0.15) is 19.0 Å². The predicted octanol–water partition coefficient (Wildman–Crippen LogP) is 3.86. The smallest absolute Gasteiger partial charge is 0.191 e. The van der Waals surface area contributed by atoms with E-state index >= 15 is 0 Å². The molecule has 0 aliphatic carbocycles. The summed E-state index contributed by atoms with van der Waals surface area (Å²) in [5, 5.41) is 6.56. The molecule has 152 valence electrons. The molecule has 0 saturated heterocycles. The highest BCUT2D eigenvalue weighted by Gasteiger charge is 2.23. The minimum Gasteiger partial charge on any atom is -0.486 e. The summed E-state index contributed by atoms with van der Waals surface area (Å²) in [6.07, 6.45) is 0. The maximum absolute atomic E-state index is 13.3. The van der Waals surface area contributed by atoms with Crippen LogP contribution in [0.25, 0.3) is 0 Å². The summed E-state index contributed by atoms with van der Waals surface area (Å²) >= 11 is 0. The highest BCUT2D eigenvalue weighted by Crippen LogP contribution is 2.34. The van der Waals surface area contributed by atoms with Crippen molar-refractivity contribution < 1.29 is 13.9 Å². The van der Waals surface area contributed by atoms with E-state index in [1.807, 2.05) is 18.2 Å². The Morgan fingerprint density at radius 1 is 1.07 bits per heavy atom. The zero-order chi connectivity index (χ0) is 19.3. The number of hydrogen-bond acceptors (Lipinski definition) is 3. The Morgan fingerprint density at radius 2 is 1.82 bits per heavy atom. The van der Waals surface area contributed by atoms with Gasteiger partial charge in [-0.3, -0.25) is 4.99 Å². The fourth-order valence-corrected chi connectivity index (χ4v) is 2.92. The zero-order valence-electron chi connectivity index (χ0n) is 16.4. The van der Waals surface area contributed by atoms with Crippen LogP contribution in [0.3, 0.4) is 0 Å². The number of halogens is 2. The first-order valence-corrected chi connectivity index (χ1v) is 9.07. The SMILES string of the molecule is CN=C(NCc1cccc(F)c1)NCC(C)(C)c1ccc2c(c1)OCCO2.I. The van der Waals surface area contributed by atoms with Crippen molar-refractivity contribution in [2.24, 2.45) is 4.99 Å². The number of benzene rings is 2. The summed E-state index contributed by atoms with van der Waals surface area (Å²) in [4.78, 5) is 4.25. The molecule has 2 aromatic rings. The molecule has 1 aliphatic rings. The van der Waals surface area contributed by atoms with E-state index in [0.29, 0.717) is 32.3 Å². The van der Waals surface area contributed by atoms with Crippen LogP contribution < -0.4 is 20.1 Å². The molecule has 7 heteroatoms. The van der Waals surface area contributed by atoms with E-state index in [1.165, 1.54) is 12.1 Å². The van der Waals surface area contributed by atoms with Gasteiger partial charge in [0.15, 0.2) is 17.5 Å². The molecule has 0 unspecified atom stereocenters. The Labute approximate surface area is 182 Å². The molecule has 0 saturated carbocycles. The van der Waals surface area contributed by atoms with Crippen molar-refractivity contribution in [3.8, 4) is 11.5 Å². The van der Waals surface area contributed by atoms with E-state index in [-0.39, 0.29) is 35.2 Å². The topological polar surface area (TPSA) is 54.9 Å². The quantitative estimate of drug-likeness (QED) is 0.373. The molecule has 2 aromatic carbocycles. The minimum atomic E-state index is -0.239. The average molecular weight is 499 g/mol. The van der Waals surface area contributed by atoms with Gasteiger partial charge in [0, 0.05) is 25.6 Å². The van der Waals surface area contributed by atoms with E-state index in [9.17, 15) is 4.39 Å². The number of aliphatic imine (C=N–C) groups is 1. The monoisotopic (exact) mass is 499 g/mol. The van der Waals surface area contributed by atoms with E-state index < -0.39 is 0 Å². The van der Waals surface area contributed by atoms with Crippen molar-refractivity contribution in [3.63, 3.8) is 0 Å². The van der Waals surface area contributed by atoms with Gasteiger partial charge in [-0.1, -0.05) is 32.0 Å². The van der Waals surface area contributed by atoms with Crippen molar-refractivity contribution in [1.29, 1.82) is 0 Å². The van der Waals surface area contributed by atoms with Crippen LogP contribution >= 0.6 is 24.0 Å². The number of fused-ring (bicyclic) bond motifs is 1. The predicted molar refractivity (Wildman–Crippen MR) is 120 cm³/mol. The number of ether oxygens (including phenoxy) is 2. The molecule has 0 fully saturated rings. The van der Waals surface area contributed by atoms with Gasteiger partial charge >= 0.3 is 0 Å². The summed E-state index contributed by atoms with van der Waals surface area (Å²) in [6, 6.07) is 12.6. The molecule has 3 rings (SSSR count). The first-order chi connectivity index (χ1) is 13.0. The Hall–Kier alpha value is -2.03. The van der Waals surface area contributed by atoms with Gasteiger partial charge in [-0.25, -0.2) is 4.39 Å². The van der Waals surface area contributed by atoms with Crippen LogP contribution in [0.1, 0.15) is 25.0 Å². The van der Waals surface area contributed by atoms with Gasteiger partial charge in [0.05, 0.1) is 0 Å². The van der Waals surface area contributed by atoms with E-state index in [0.717, 1.165) is 22.6 Å². The lowest BCUT2D eigenvalue weighted by atomic mass is 9.84. The number of guanidine groups is 1. The molecule has 0 atom stereocenters. The van der Waals surface area contributed by atoms with Crippen LogP contribution in [0.5, 0.6) is 11.5 Å². The minimum absolute atomic E-state index is 0. The molecule has 2 N–H and O–H groups in total. The normalized spacial score (nSPS) is 13.5. The van der Waals surface area contributed by atoms with Crippen molar-refractivity contribution in [1.82, 2.24) is 10.6 Å². The van der Waals surface area contributed by atoms with Crippen LogP contribution in [0.4, 0.5) is 4.39 Å². The number of nitrogens with one attached hydrogen (secondary N) is 2. The van der Waals surface area contributed by atoms with Crippen LogP contribution in [0.2, 0.25) is 0 Å². The summed E-state index contributed by atoms with van der Waals surface area (Å²) in [5.74, 6) is 2.02. The Balaban J connectivity index is 0.00000280. The summed E-state index contributed by atoms with van der Waals surface area (Å²) in [6.45, 7) is 6.66. The van der Waals surface area contributed by atoms with E-state index in [4.69, 9.17) is 9.47 Å². The Morgan fingerprint density at radius 3 is 2.54 bits per heavy atom. The molecule has 1 heterocycles. The number of rotatable bonds is 5. The van der Waals surface area contributed by atoms with Gasteiger partial charge in [-0.2, -0.15) is 0 Å². The third kappa shape index (κ3) is 5.73. The molecule has 0 radical (unpaired) electrons. The third-order valence-corrected chi connectivity index (χ3v) is 4.59. The first-order valence-electron chi connectivity index (χ1n) is 9.07. The van der Waals surface area contributed by atoms with Gasteiger partial charge in [0.25, 0.3) is 0 Å². The Kier molecular flexibility index (Phi) is 7.91. The molecular formula is C21H27FIN3O2. The lowest BCUT2D eigenvalue weighted by Gasteiger charge is -2.28. The molecule has 0 amide bonds. The average Bonchev–Trinajstić information content (AvgIpc) is 2.68. The highest BCUT2D eigenvalue weighted by molar-refractivity contribution is 14.0. The second-order valence-corrected chi connectivity index (χ2v) is 7.15. The van der Waals surface area contributed by atoms with Crippen LogP contribution in [-0.4, -0.2) is 32.8 Å². The fourth-order valence-electron chi connectivity index (χ4n) is 2.92. The third-order valence-electron chi connectivity index (χ3n) is 4.59. The highest BCUT2D eigenvalue weighted by atomic mass is 127. The molecular weight excluding hydrogens is 472 g/mol. The van der Waals surface area contributed by atoms with Crippen molar-refractivity contribution in [2.75, 3.05) is 26.8 Å². The van der Waals surface area contributed by atoms with Crippen molar-refractivity contribution in [2.45, 2.75) is 25.8 Å². The largest absolute Gasteiger partial charge is 0.486 e. The second kappa shape index (κ2) is 9.95. The fraction of sp³-hybridized carbons (Fsp3) is 0.381. The van der Waals surface area contributed by atoms with Gasteiger partial charge in [0.2, 0.25) is 0 Å². The summed E-state index contributed by atoms with van der Waals surface area (Å²) < 4.78 is 24.6. The van der Waals surface area contributed by atoms with Gasteiger partial charge < -0.3 is 20.1 Å². The maximum atomic E-state index is 13.3. The molecule has 0 bridgehead atoms. The van der Waals surface area contributed by atoms with Crippen LogP contribution in [0.15, 0.2) is 47.5 Å². The van der Waals surface area contributed by atoms with Crippen LogP contribution in [0, 0.1) is 5.82 Å². The van der Waals surface area contributed by atoms with Gasteiger partial charge in [-0.15, -0.1) is 24.0 Å². The first kappa shape index (κ1) is 22.3. The Bertz CT molecular complexity index is 827. The summed E-state index contributed by atoms with van der Waals surface area (Å²) in [7, 11) is 1.72. The molecule has 28 heavy (non-hydrogen) atoms. The molecule has 0 spiro atoms. The molecule has 1 aliphatic heterocycles.